The largest absolute Gasteiger partial charge is 0.489 e. The van der Waals surface area contributed by atoms with Gasteiger partial charge in [-0.05, 0) is 55.7 Å². The van der Waals surface area contributed by atoms with Crippen LogP contribution >= 0.6 is 11.6 Å². The third kappa shape index (κ3) is 3.94. The molecule has 1 aromatic carbocycles. The van der Waals surface area contributed by atoms with Gasteiger partial charge in [0.05, 0.1) is 18.3 Å². The summed E-state index contributed by atoms with van der Waals surface area (Å²) in [6.45, 7) is 5.98. The number of hydrogen-bond donors (Lipinski definition) is 2. The van der Waals surface area contributed by atoms with Gasteiger partial charge in [0.2, 0.25) is 0 Å². The summed E-state index contributed by atoms with van der Waals surface area (Å²) < 4.78 is 5.68. The topological polar surface area (TPSA) is 60.2 Å². The molecule has 0 saturated carbocycles. The van der Waals surface area contributed by atoms with Gasteiger partial charge in [-0.1, -0.05) is 17.7 Å². The molecule has 21 heavy (non-hydrogen) atoms. The van der Waals surface area contributed by atoms with E-state index >= 15 is 0 Å². The highest BCUT2D eigenvalue weighted by molar-refractivity contribution is 6.30. The smallest absolute Gasteiger partial charge is 0.138 e. The molecular weight excluding hydrogens is 286 g/mol. The summed E-state index contributed by atoms with van der Waals surface area (Å²) >= 11 is 6.10. The summed E-state index contributed by atoms with van der Waals surface area (Å²) in [5.74, 6) is 6.47. The maximum atomic E-state index is 6.10. The molecule has 3 N–H and O–H groups in total. The number of nitrogens with zero attached hydrogens (tertiary/aromatic N) is 1. The Morgan fingerprint density at radius 1 is 1.24 bits per heavy atom. The van der Waals surface area contributed by atoms with Gasteiger partial charge in [-0.15, -0.1) is 0 Å². The predicted molar refractivity (Wildman–Crippen MR) is 85.4 cm³/mol. The summed E-state index contributed by atoms with van der Waals surface area (Å²) in [4.78, 5) is 4.23. The van der Waals surface area contributed by atoms with E-state index in [4.69, 9.17) is 22.2 Å². The van der Waals surface area contributed by atoms with E-state index < -0.39 is 0 Å². The van der Waals surface area contributed by atoms with Crippen LogP contribution in [-0.2, 0) is 0 Å². The normalized spacial score (nSPS) is 12.5. The van der Waals surface area contributed by atoms with Crippen molar-refractivity contribution in [2.75, 3.05) is 0 Å². The van der Waals surface area contributed by atoms with Crippen LogP contribution < -0.4 is 16.0 Å². The van der Waals surface area contributed by atoms with Crippen molar-refractivity contribution in [2.24, 2.45) is 5.84 Å². The van der Waals surface area contributed by atoms with Gasteiger partial charge in [-0.25, -0.2) is 5.43 Å². The van der Waals surface area contributed by atoms with Crippen molar-refractivity contribution in [3.05, 3.63) is 58.4 Å². The van der Waals surface area contributed by atoms with Gasteiger partial charge >= 0.3 is 0 Å². The second kappa shape index (κ2) is 6.89. The molecule has 1 atom stereocenters. The van der Waals surface area contributed by atoms with Crippen LogP contribution in [-0.4, -0.2) is 11.1 Å². The highest BCUT2D eigenvalue weighted by Gasteiger charge is 2.16. The molecule has 0 fully saturated rings. The molecule has 0 saturated heterocycles. The lowest BCUT2D eigenvalue weighted by Gasteiger charge is -2.20. The van der Waals surface area contributed by atoms with Crippen molar-refractivity contribution >= 4 is 11.6 Å². The highest BCUT2D eigenvalue weighted by atomic mass is 35.5. The second-order valence-corrected chi connectivity index (χ2v) is 5.66. The lowest BCUT2D eigenvalue weighted by molar-refractivity contribution is 0.241. The van der Waals surface area contributed by atoms with Gasteiger partial charge in [0, 0.05) is 11.2 Å². The zero-order valence-corrected chi connectivity index (χ0v) is 13.2. The minimum Gasteiger partial charge on any atom is -0.489 e. The molecule has 2 rings (SSSR count). The van der Waals surface area contributed by atoms with Crippen molar-refractivity contribution < 1.29 is 4.74 Å². The summed E-state index contributed by atoms with van der Waals surface area (Å²) in [5.41, 5.74) is 5.89. The summed E-state index contributed by atoms with van der Waals surface area (Å²) in [6.07, 6.45) is 3.57. The molecule has 0 aliphatic carbocycles. The molecule has 0 radical (unpaired) electrons. The lowest BCUT2D eigenvalue weighted by Crippen LogP contribution is -2.29. The number of ether oxygens (including phenoxy) is 1. The maximum Gasteiger partial charge on any atom is 0.138 e. The molecular formula is C16H20ClN3O. The maximum absolute atomic E-state index is 6.10. The van der Waals surface area contributed by atoms with E-state index in [0.29, 0.717) is 5.02 Å². The molecule has 112 valence electrons. The van der Waals surface area contributed by atoms with Gasteiger partial charge in [0.15, 0.2) is 0 Å². The van der Waals surface area contributed by atoms with Crippen LogP contribution in [0.4, 0.5) is 0 Å². The number of benzene rings is 1. The molecule has 0 aliphatic heterocycles. The van der Waals surface area contributed by atoms with E-state index in [-0.39, 0.29) is 12.1 Å². The van der Waals surface area contributed by atoms with Crippen LogP contribution in [0, 0.1) is 6.92 Å². The Morgan fingerprint density at radius 3 is 2.67 bits per heavy atom. The first kappa shape index (κ1) is 15.8. The van der Waals surface area contributed by atoms with E-state index in [1.54, 1.807) is 12.4 Å². The number of hydrogen-bond acceptors (Lipinski definition) is 4. The Hall–Kier alpha value is -1.62. The Bertz CT molecular complexity index is 616. The molecule has 1 aromatic heterocycles. The van der Waals surface area contributed by atoms with Gasteiger partial charge in [-0.2, -0.15) is 0 Å². The molecule has 0 amide bonds. The lowest BCUT2D eigenvalue weighted by atomic mass is 9.96. The molecule has 0 aliphatic rings. The van der Waals surface area contributed by atoms with E-state index in [2.05, 4.69) is 10.4 Å². The molecule has 4 nitrogen and oxygen atoms in total. The Balaban J connectivity index is 2.39. The molecule has 1 unspecified atom stereocenters. The van der Waals surface area contributed by atoms with Crippen molar-refractivity contribution in [3.63, 3.8) is 0 Å². The zero-order valence-electron chi connectivity index (χ0n) is 12.4. The molecule has 5 heteroatoms. The number of pyridine rings is 1. The van der Waals surface area contributed by atoms with Crippen molar-refractivity contribution in [2.45, 2.75) is 32.9 Å². The molecule has 1 heterocycles. The van der Waals surface area contributed by atoms with Crippen molar-refractivity contribution in [3.8, 4) is 5.75 Å². The predicted octanol–water partition coefficient (Wildman–Crippen LogP) is 3.38. The van der Waals surface area contributed by atoms with E-state index in [9.17, 15) is 0 Å². The number of aromatic nitrogens is 1. The minimum absolute atomic E-state index is 0.0965. The van der Waals surface area contributed by atoms with Crippen molar-refractivity contribution in [1.82, 2.24) is 10.4 Å². The van der Waals surface area contributed by atoms with Crippen LogP contribution in [0.5, 0.6) is 5.75 Å². The fourth-order valence-electron chi connectivity index (χ4n) is 2.22. The third-order valence-electron chi connectivity index (χ3n) is 3.16. The average molecular weight is 306 g/mol. The van der Waals surface area contributed by atoms with Crippen LogP contribution in [0.2, 0.25) is 5.02 Å². The SMILES string of the molecule is Cc1ccc(Cl)cc1C(NN)c1cncc(OC(C)C)c1. The van der Waals surface area contributed by atoms with Crippen LogP contribution in [0.3, 0.4) is 0 Å². The monoisotopic (exact) mass is 305 g/mol. The standard InChI is InChI=1S/C16H20ClN3O/c1-10(2)21-14-6-12(8-19-9-14)16(20-18)15-7-13(17)5-4-11(15)3/h4-10,16,20H,18H2,1-3H3. The summed E-state index contributed by atoms with van der Waals surface area (Å²) in [5, 5.41) is 0.679. The van der Waals surface area contributed by atoms with Crippen LogP contribution in [0.1, 0.15) is 36.6 Å². The van der Waals surface area contributed by atoms with E-state index in [1.807, 2.05) is 45.0 Å². The quantitative estimate of drug-likeness (QED) is 0.656. The van der Waals surface area contributed by atoms with Crippen LogP contribution in [0.25, 0.3) is 0 Å². The number of rotatable bonds is 5. The Labute approximate surface area is 130 Å². The fraction of sp³-hybridized carbons (Fsp3) is 0.312. The highest BCUT2D eigenvalue weighted by Crippen LogP contribution is 2.28. The van der Waals surface area contributed by atoms with Crippen molar-refractivity contribution in [1.29, 1.82) is 0 Å². The van der Waals surface area contributed by atoms with Crippen LogP contribution in [0.15, 0.2) is 36.7 Å². The fourth-order valence-corrected chi connectivity index (χ4v) is 2.40. The summed E-state index contributed by atoms with van der Waals surface area (Å²) in [7, 11) is 0. The van der Waals surface area contributed by atoms with E-state index in [1.165, 1.54) is 0 Å². The first-order chi connectivity index (χ1) is 10.0. The Morgan fingerprint density at radius 2 is 2.00 bits per heavy atom. The second-order valence-electron chi connectivity index (χ2n) is 5.22. The first-order valence-electron chi connectivity index (χ1n) is 6.85. The molecule has 2 aromatic rings. The zero-order chi connectivity index (χ0) is 15.4. The van der Waals surface area contributed by atoms with Gasteiger partial charge < -0.3 is 4.74 Å². The van der Waals surface area contributed by atoms with E-state index in [0.717, 1.165) is 22.4 Å². The Kier molecular flexibility index (Phi) is 5.17. The molecule has 0 bridgehead atoms. The average Bonchev–Trinajstić information content (AvgIpc) is 2.43. The number of nitrogens with two attached hydrogens (primary N) is 1. The minimum atomic E-state index is -0.188. The summed E-state index contributed by atoms with van der Waals surface area (Å²) in [6, 6.07) is 7.51. The van der Waals surface area contributed by atoms with Gasteiger partial charge in [-0.3, -0.25) is 10.8 Å². The number of nitrogens with one attached hydrogen (secondary N) is 1. The van der Waals surface area contributed by atoms with Gasteiger partial charge in [0.25, 0.3) is 0 Å². The number of aryl methyl sites for hydroxylation is 1. The first-order valence-corrected chi connectivity index (χ1v) is 7.23. The molecule has 0 spiro atoms. The number of halogens is 1. The third-order valence-corrected chi connectivity index (χ3v) is 3.39. The van der Waals surface area contributed by atoms with Gasteiger partial charge in [0.1, 0.15) is 5.75 Å². The number of hydrazine groups is 1.